The molecular weight excluding hydrogens is 600 g/mol. The van der Waals surface area contributed by atoms with Crippen molar-refractivity contribution in [3.8, 4) is 16.9 Å². The Kier molecular flexibility index (Phi) is 6.90. The SMILES string of the molecule is Cc1cnc(-c2cccc(C(=O)N3CC(F)(F)C3)c2F)c(F)c1-n1c(C)cc([C@@H]2CC2c2cnn(C(F)F)c2)c(Cl)c1=O. The fraction of sp³-hybridized carbons (Fsp3) is 0.310. The zero-order chi connectivity index (χ0) is 31.0. The lowest BCUT2D eigenvalue weighted by molar-refractivity contribution is -0.113. The van der Waals surface area contributed by atoms with E-state index in [2.05, 4.69) is 10.1 Å². The number of nitrogens with zero attached hydrogens (tertiary/aromatic N) is 5. The highest BCUT2D eigenvalue weighted by molar-refractivity contribution is 6.31. The van der Waals surface area contributed by atoms with Crippen molar-refractivity contribution in [2.45, 2.75) is 44.6 Å². The molecule has 1 amide bonds. The summed E-state index contributed by atoms with van der Waals surface area (Å²) < 4.78 is 85.8. The second kappa shape index (κ2) is 10.2. The van der Waals surface area contributed by atoms with Crippen LogP contribution in [0.1, 0.15) is 57.5 Å². The third-order valence-electron chi connectivity index (χ3n) is 7.82. The van der Waals surface area contributed by atoms with E-state index >= 15 is 8.78 Å². The zero-order valence-electron chi connectivity index (χ0n) is 22.6. The van der Waals surface area contributed by atoms with E-state index in [4.69, 9.17) is 11.6 Å². The van der Waals surface area contributed by atoms with Crippen molar-refractivity contribution in [3.63, 3.8) is 0 Å². The zero-order valence-corrected chi connectivity index (χ0v) is 23.3. The van der Waals surface area contributed by atoms with Crippen LogP contribution in [0.4, 0.5) is 26.3 Å². The van der Waals surface area contributed by atoms with E-state index in [1.54, 1.807) is 13.0 Å². The van der Waals surface area contributed by atoms with Gasteiger partial charge in [0.05, 0.1) is 30.5 Å². The first kappa shape index (κ1) is 29.0. The minimum atomic E-state index is -3.05. The number of likely N-dealkylation sites (tertiary alicyclic amines) is 1. The van der Waals surface area contributed by atoms with Crippen molar-refractivity contribution in [3.05, 3.63) is 97.8 Å². The number of pyridine rings is 2. The van der Waals surface area contributed by atoms with Crippen LogP contribution >= 0.6 is 11.6 Å². The summed E-state index contributed by atoms with van der Waals surface area (Å²) in [5.74, 6) is -6.63. The number of aryl methyl sites for hydroxylation is 2. The van der Waals surface area contributed by atoms with Crippen molar-refractivity contribution >= 4 is 17.5 Å². The molecule has 6 rings (SSSR count). The molecule has 4 aromatic rings. The Morgan fingerprint density at radius 1 is 1.09 bits per heavy atom. The Labute approximate surface area is 245 Å². The summed E-state index contributed by atoms with van der Waals surface area (Å²) >= 11 is 6.51. The molecule has 1 saturated carbocycles. The number of halogens is 7. The molecule has 2 aliphatic rings. The third-order valence-corrected chi connectivity index (χ3v) is 8.20. The average molecular weight is 622 g/mol. The van der Waals surface area contributed by atoms with Crippen LogP contribution in [0.2, 0.25) is 5.02 Å². The van der Waals surface area contributed by atoms with Gasteiger partial charge in [0.2, 0.25) is 0 Å². The molecule has 7 nitrogen and oxygen atoms in total. The molecule has 0 N–H and O–H groups in total. The molecule has 0 spiro atoms. The summed E-state index contributed by atoms with van der Waals surface area (Å²) in [6, 6.07) is 5.20. The van der Waals surface area contributed by atoms with Gasteiger partial charge in [0, 0.05) is 23.7 Å². The Bertz CT molecular complexity index is 1850. The molecule has 1 aromatic carbocycles. The van der Waals surface area contributed by atoms with Gasteiger partial charge in [-0.1, -0.05) is 17.7 Å². The van der Waals surface area contributed by atoms with E-state index in [0.717, 1.165) is 15.5 Å². The third kappa shape index (κ3) is 4.89. The number of hydrogen-bond donors (Lipinski definition) is 0. The Morgan fingerprint density at radius 3 is 2.47 bits per heavy atom. The van der Waals surface area contributed by atoms with Crippen LogP contribution in [0.5, 0.6) is 0 Å². The van der Waals surface area contributed by atoms with Gasteiger partial charge in [0.15, 0.2) is 5.82 Å². The number of carbonyl (C=O) groups excluding carboxylic acids is 1. The van der Waals surface area contributed by atoms with Gasteiger partial charge in [-0.3, -0.25) is 19.1 Å². The number of rotatable bonds is 6. The molecule has 1 aliphatic heterocycles. The second-order valence-electron chi connectivity index (χ2n) is 10.8. The highest BCUT2D eigenvalue weighted by Gasteiger charge is 2.47. The van der Waals surface area contributed by atoms with Crippen molar-refractivity contribution in [1.29, 1.82) is 0 Å². The molecule has 43 heavy (non-hydrogen) atoms. The van der Waals surface area contributed by atoms with E-state index in [0.29, 0.717) is 27.9 Å². The molecule has 4 heterocycles. The van der Waals surface area contributed by atoms with Crippen LogP contribution < -0.4 is 5.56 Å². The van der Waals surface area contributed by atoms with E-state index in [9.17, 15) is 27.2 Å². The van der Waals surface area contributed by atoms with Gasteiger partial charge < -0.3 is 4.90 Å². The van der Waals surface area contributed by atoms with Gasteiger partial charge in [0.25, 0.3) is 17.4 Å². The van der Waals surface area contributed by atoms with Gasteiger partial charge in [-0.2, -0.15) is 13.9 Å². The van der Waals surface area contributed by atoms with Crippen molar-refractivity contribution in [1.82, 2.24) is 24.2 Å². The monoisotopic (exact) mass is 621 g/mol. The Hall–Kier alpha value is -4.13. The quantitative estimate of drug-likeness (QED) is 0.234. The molecule has 3 aromatic heterocycles. The summed E-state index contributed by atoms with van der Waals surface area (Å²) in [6.45, 7) is -1.42. The van der Waals surface area contributed by atoms with Gasteiger partial charge in [-0.25, -0.2) is 22.2 Å². The van der Waals surface area contributed by atoms with E-state index in [-0.39, 0.29) is 28.1 Å². The predicted octanol–water partition coefficient (Wildman–Crippen LogP) is 6.40. The van der Waals surface area contributed by atoms with Gasteiger partial charge in [0.1, 0.15) is 16.5 Å². The smallest absolute Gasteiger partial charge is 0.326 e. The largest absolute Gasteiger partial charge is 0.333 e. The number of hydrogen-bond acceptors (Lipinski definition) is 4. The maximum atomic E-state index is 16.2. The van der Waals surface area contributed by atoms with Crippen LogP contribution in [0.25, 0.3) is 16.9 Å². The van der Waals surface area contributed by atoms with Crippen molar-refractivity contribution in [2.24, 2.45) is 0 Å². The molecule has 0 bridgehead atoms. The Morgan fingerprint density at radius 2 is 1.81 bits per heavy atom. The van der Waals surface area contributed by atoms with Gasteiger partial charge in [-0.05, 0) is 67.0 Å². The second-order valence-corrected chi connectivity index (χ2v) is 11.2. The first-order valence-electron chi connectivity index (χ1n) is 13.1. The standard InChI is InChI=1S/C29H22ClF6N5O2/c1-13-8-37-24(16-4-3-5-17(22(16)31)26(42)39-11-29(35,36)12-39)23(32)25(13)41-14(2)6-20(21(30)27(41)43)19-7-18(19)15-9-38-40(10-15)28(33)34/h3-6,8-10,18-19,28H,7,11-12H2,1-2H3/t18?,19-/m1/s1. The lowest BCUT2D eigenvalue weighted by Gasteiger charge is -2.38. The number of aromatic nitrogens is 4. The average Bonchev–Trinajstić information content (AvgIpc) is 3.56. The number of amides is 1. The van der Waals surface area contributed by atoms with Crippen LogP contribution in [-0.4, -0.2) is 49.2 Å². The first-order chi connectivity index (χ1) is 20.3. The fourth-order valence-electron chi connectivity index (χ4n) is 5.57. The summed E-state index contributed by atoms with van der Waals surface area (Å²) in [7, 11) is 0. The summed E-state index contributed by atoms with van der Waals surface area (Å²) in [4.78, 5) is 31.0. The highest BCUT2D eigenvalue weighted by Crippen LogP contribution is 2.56. The van der Waals surface area contributed by atoms with Crippen LogP contribution in [-0.2, 0) is 0 Å². The molecule has 1 unspecified atom stereocenters. The number of alkyl halides is 4. The maximum absolute atomic E-state index is 16.2. The molecule has 2 atom stereocenters. The molecule has 14 heteroatoms. The van der Waals surface area contributed by atoms with Gasteiger partial charge >= 0.3 is 6.55 Å². The lowest BCUT2D eigenvalue weighted by Crippen LogP contribution is -2.58. The molecular formula is C29H22ClF6N5O2. The van der Waals surface area contributed by atoms with Crippen LogP contribution in [0, 0.1) is 25.5 Å². The minimum Gasteiger partial charge on any atom is -0.326 e. The topological polar surface area (TPSA) is 73.0 Å². The summed E-state index contributed by atoms with van der Waals surface area (Å²) in [6.07, 6.45) is 4.38. The lowest BCUT2D eigenvalue weighted by atomic mass is 10.0. The van der Waals surface area contributed by atoms with Crippen molar-refractivity contribution < 1.29 is 31.1 Å². The number of carbonyl (C=O) groups is 1. The Balaban J connectivity index is 1.37. The maximum Gasteiger partial charge on any atom is 0.333 e. The highest BCUT2D eigenvalue weighted by atomic mass is 35.5. The first-order valence-corrected chi connectivity index (χ1v) is 13.5. The normalized spacial score (nSPS) is 19.1. The van der Waals surface area contributed by atoms with Crippen molar-refractivity contribution in [2.75, 3.05) is 13.1 Å². The summed E-state index contributed by atoms with van der Waals surface area (Å²) in [5.41, 5.74) is -0.782. The molecule has 1 aliphatic carbocycles. The van der Waals surface area contributed by atoms with Gasteiger partial charge in [-0.15, -0.1) is 0 Å². The minimum absolute atomic E-state index is 0.175. The number of benzene rings is 1. The van der Waals surface area contributed by atoms with Crippen LogP contribution in [0.3, 0.4) is 0 Å². The summed E-state index contributed by atoms with van der Waals surface area (Å²) in [5, 5.41) is 3.48. The van der Waals surface area contributed by atoms with Crippen LogP contribution in [0.15, 0.2) is 47.7 Å². The van der Waals surface area contributed by atoms with E-state index < -0.39 is 65.5 Å². The predicted molar refractivity (Wildman–Crippen MR) is 144 cm³/mol. The fourth-order valence-corrected chi connectivity index (χ4v) is 5.85. The van der Waals surface area contributed by atoms with E-state index in [1.165, 1.54) is 37.6 Å². The molecule has 1 saturated heterocycles. The molecule has 0 radical (unpaired) electrons. The van der Waals surface area contributed by atoms with E-state index in [1.807, 2.05) is 0 Å². The molecule has 2 fully saturated rings. The molecule has 224 valence electrons.